The Balaban J connectivity index is 1.36. The lowest BCUT2D eigenvalue weighted by molar-refractivity contribution is 0.303. The average Bonchev–Trinajstić information content (AvgIpc) is 3.49. The van der Waals surface area contributed by atoms with Crippen LogP contribution < -0.4 is 15.2 Å². The number of fused-ring (bicyclic) bond motifs is 1. The van der Waals surface area contributed by atoms with Crippen molar-refractivity contribution in [3.8, 4) is 11.8 Å². The highest BCUT2D eigenvalue weighted by atomic mass is 16.5. The summed E-state index contributed by atoms with van der Waals surface area (Å²) in [5.41, 5.74) is 0.775. The van der Waals surface area contributed by atoms with Gasteiger partial charge in [-0.05, 0) is 36.5 Å². The van der Waals surface area contributed by atoms with E-state index in [1.807, 2.05) is 6.07 Å². The van der Waals surface area contributed by atoms with E-state index in [9.17, 15) is 0 Å². The average molecular weight is 355 g/mol. The molecule has 1 aromatic carbocycles. The molecule has 2 aliphatic rings. The monoisotopic (exact) mass is 354 g/mol. The highest BCUT2D eigenvalue weighted by Crippen LogP contribution is 2.34. The zero-order valence-corrected chi connectivity index (χ0v) is 15.9. The van der Waals surface area contributed by atoms with Crippen molar-refractivity contribution in [3.63, 3.8) is 0 Å². The summed E-state index contributed by atoms with van der Waals surface area (Å²) in [4.78, 5) is 0. The normalized spacial score (nSPS) is 15.2. The molecular formula is C23H32NO2+. The second-order valence-corrected chi connectivity index (χ2v) is 7.69. The van der Waals surface area contributed by atoms with Crippen LogP contribution in [-0.2, 0) is 0 Å². The van der Waals surface area contributed by atoms with Crippen LogP contribution in [0.4, 0.5) is 0 Å². The lowest BCUT2D eigenvalue weighted by atomic mass is 10.0. The first-order valence-corrected chi connectivity index (χ1v) is 10.4. The lowest BCUT2D eigenvalue weighted by Gasteiger charge is -2.09. The highest BCUT2D eigenvalue weighted by molar-refractivity contribution is 5.52. The van der Waals surface area contributed by atoms with Gasteiger partial charge in [0, 0.05) is 5.22 Å². The van der Waals surface area contributed by atoms with E-state index in [1.54, 1.807) is 0 Å². The first-order chi connectivity index (χ1) is 12.9. The van der Waals surface area contributed by atoms with Gasteiger partial charge in [0.1, 0.15) is 5.75 Å². The summed E-state index contributed by atoms with van der Waals surface area (Å²) in [7, 11) is 0. The van der Waals surface area contributed by atoms with Crippen molar-refractivity contribution in [2.75, 3.05) is 6.61 Å². The fourth-order valence-electron chi connectivity index (χ4n) is 3.77. The Labute approximate surface area is 157 Å². The summed E-state index contributed by atoms with van der Waals surface area (Å²) in [6, 6.07) is 6.76. The van der Waals surface area contributed by atoms with E-state index in [0.717, 1.165) is 41.7 Å². The molecule has 2 aliphatic carbocycles. The van der Waals surface area contributed by atoms with Gasteiger partial charge in [0.2, 0.25) is 5.01 Å². The maximum atomic E-state index is 8.94. The standard InChI is InChI=1S/C23H31NO2/c25-24-18-22-21-12-8-7-11-20(21)15-16-23(22)26-17-9-5-3-1-2-4-6-10-19-13-14-19/h11-12,15-16,19H,1-10,13-14,17H2/p+1. The lowest BCUT2D eigenvalue weighted by Crippen LogP contribution is -2.30. The second kappa shape index (κ2) is 10.3. The highest BCUT2D eigenvalue weighted by Gasteiger charge is 2.19. The van der Waals surface area contributed by atoms with Crippen molar-refractivity contribution < 1.29 is 9.94 Å². The summed E-state index contributed by atoms with van der Waals surface area (Å²) < 4.78 is 5.97. The van der Waals surface area contributed by atoms with E-state index in [2.05, 4.69) is 29.3 Å². The predicted molar refractivity (Wildman–Crippen MR) is 107 cm³/mol. The fraction of sp³-hybridized carbons (Fsp3) is 0.609. The maximum absolute atomic E-state index is 8.94. The smallest absolute Gasteiger partial charge is 0.392 e. The number of unbranched alkanes of at least 4 members (excludes halogenated alkanes) is 6. The number of hydrogen-bond acceptors (Lipinski definition) is 2. The van der Waals surface area contributed by atoms with Crippen LogP contribution in [0.1, 0.15) is 82.6 Å². The molecule has 0 bridgehead atoms. The summed E-state index contributed by atoms with van der Waals surface area (Å²) >= 11 is 0. The molecule has 3 heteroatoms. The topological polar surface area (TPSA) is 33.8 Å². The van der Waals surface area contributed by atoms with Gasteiger partial charge >= 0.3 is 6.07 Å². The molecule has 26 heavy (non-hydrogen) atoms. The number of hydrogen-bond donors (Lipinski definition) is 1. The molecular weight excluding hydrogens is 322 g/mol. The van der Waals surface area contributed by atoms with E-state index in [0.29, 0.717) is 6.61 Å². The Kier molecular flexibility index (Phi) is 7.43. The minimum Gasteiger partial charge on any atom is -0.492 e. The first-order valence-electron chi connectivity index (χ1n) is 10.4. The van der Waals surface area contributed by atoms with Gasteiger partial charge < -0.3 is 4.74 Å². The zero-order chi connectivity index (χ0) is 18.0. The summed E-state index contributed by atoms with van der Waals surface area (Å²) in [6.07, 6.45) is 20.1. The van der Waals surface area contributed by atoms with E-state index >= 15 is 0 Å². The third-order valence-corrected chi connectivity index (χ3v) is 5.49. The SMILES string of the molecule is O[N+]#Cc1c(OCCCCCCCCCC2CC2)ccc2c1=CCCC=2. The van der Waals surface area contributed by atoms with Crippen molar-refractivity contribution in [1.29, 1.82) is 0 Å². The quantitative estimate of drug-likeness (QED) is 0.447. The van der Waals surface area contributed by atoms with E-state index in [4.69, 9.17) is 9.94 Å². The Hall–Kier alpha value is -1.95. The van der Waals surface area contributed by atoms with Gasteiger partial charge in [0.25, 0.3) is 0 Å². The molecule has 1 N–H and O–H groups in total. The molecule has 1 fully saturated rings. The van der Waals surface area contributed by atoms with Crippen molar-refractivity contribution >= 4 is 12.2 Å². The van der Waals surface area contributed by atoms with Gasteiger partial charge in [-0.15, -0.1) is 0 Å². The Morgan fingerprint density at radius 3 is 2.46 bits per heavy atom. The predicted octanol–water partition coefficient (Wildman–Crippen LogP) is 5.02. The first kappa shape index (κ1) is 18.8. The number of ether oxygens (including phenoxy) is 1. The van der Waals surface area contributed by atoms with Gasteiger partial charge in [0.15, 0.2) is 5.56 Å². The third kappa shape index (κ3) is 5.80. The van der Waals surface area contributed by atoms with Crippen LogP contribution in [0.5, 0.6) is 5.75 Å². The molecule has 0 saturated heterocycles. The molecule has 1 aromatic rings. The molecule has 0 heterocycles. The molecule has 0 amide bonds. The van der Waals surface area contributed by atoms with Gasteiger partial charge in [0.05, 0.1) is 6.61 Å². The molecule has 0 unspecified atom stereocenters. The number of nitrogens with zero attached hydrogens (tertiary/aromatic N) is 1. The maximum Gasteiger partial charge on any atom is 0.392 e. The van der Waals surface area contributed by atoms with Gasteiger partial charge in [-0.3, -0.25) is 0 Å². The Morgan fingerprint density at radius 2 is 1.69 bits per heavy atom. The molecule has 3 rings (SSSR count). The van der Waals surface area contributed by atoms with Crippen molar-refractivity contribution in [1.82, 2.24) is 0 Å². The Morgan fingerprint density at radius 1 is 0.962 bits per heavy atom. The number of benzene rings is 1. The van der Waals surface area contributed by atoms with Gasteiger partial charge in [-0.2, -0.15) is 5.21 Å². The molecule has 0 spiro atoms. The minimum atomic E-state index is 0.713. The van der Waals surface area contributed by atoms with E-state index in [-0.39, 0.29) is 0 Å². The van der Waals surface area contributed by atoms with Crippen LogP contribution in [0.25, 0.3) is 17.2 Å². The van der Waals surface area contributed by atoms with E-state index in [1.165, 1.54) is 63.0 Å². The van der Waals surface area contributed by atoms with Crippen LogP contribution in [0.2, 0.25) is 0 Å². The summed E-state index contributed by atoms with van der Waals surface area (Å²) in [5, 5.41) is 14.3. The van der Waals surface area contributed by atoms with Crippen LogP contribution in [0, 0.1) is 12.0 Å². The van der Waals surface area contributed by atoms with E-state index < -0.39 is 0 Å². The van der Waals surface area contributed by atoms with Crippen molar-refractivity contribution in [2.24, 2.45) is 5.92 Å². The fourth-order valence-corrected chi connectivity index (χ4v) is 3.77. The third-order valence-electron chi connectivity index (χ3n) is 5.49. The van der Waals surface area contributed by atoms with Gasteiger partial charge in [-0.25, -0.2) is 0 Å². The zero-order valence-electron chi connectivity index (χ0n) is 15.9. The van der Waals surface area contributed by atoms with Crippen LogP contribution in [0.15, 0.2) is 12.1 Å². The van der Waals surface area contributed by atoms with Crippen LogP contribution in [0.3, 0.4) is 0 Å². The molecule has 0 aromatic heterocycles. The van der Waals surface area contributed by atoms with Crippen LogP contribution in [-0.4, -0.2) is 11.8 Å². The molecule has 0 atom stereocenters. The van der Waals surface area contributed by atoms with Crippen molar-refractivity contribution in [2.45, 2.75) is 77.0 Å². The minimum absolute atomic E-state index is 0.713. The largest absolute Gasteiger partial charge is 0.492 e. The van der Waals surface area contributed by atoms with Gasteiger partial charge in [-0.1, -0.05) is 76.0 Å². The number of rotatable bonds is 11. The molecule has 0 aliphatic heterocycles. The second-order valence-electron chi connectivity index (χ2n) is 7.69. The van der Waals surface area contributed by atoms with Crippen molar-refractivity contribution in [3.05, 3.63) is 33.1 Å². The molecule has 3 nitrogen and oxygen atoms in total. The summed E-state index contributed by atoms with van der Waals surface area (Å²) in [5.74, 6) is 1.86. The molecule has 0 radical (unpaired) electrons. The molecule has 140 valence electrons. The van der Waals surface area contributed by atoms with Crippen LogP contribution >= 0.6 is 0 Å². The summed E-state index contributed by atoms with van der Waals surface area (Å²) in [6.45, 7) is 0.713. The Bertz CT molecular complexity index is 753. The molecule has 1 saturated carbocycles.